The second-order valence-electron chi connectivity index (χ2n) is 9.82. The van der Waals surface area contributed by atoms with Crippen LogP contribution in [0.2, 0.25) is 0 Å². The fourth-order valence-electron chi connectivity index (χ4n) is 6.53. The maximum absolute atomic E-state index is 12.4. The first-order chi connectivity index (χ1) is 12.0. The fourth-order valence-corrected chi connectivity index (χ4v) is 7.68. The Labute approximate surface area is 162 Å². The number of halogens is 1. The van der Waals surface area contributed by atoms with E-state index in [-0.39, 0.29) is 5.41 Å². The molecule has 0 aliphatic heterocycles. The molecule has 0 spiro atoms. The van der Waals surface area contributed by atoms with Gasteiger partial charge in [-0.05, 0) is 72.2 Å². The van der Waals surface area contributed by atoms with Crippen LogP contribution < -0.4 is 5.73 Å². The van der Waals surface area contributed by atoms with E-state index in [1.165, 1.54) is 23.8 Å². The molecule has 0 atom stereocenters. The molecule has 1 aromatic rings. The van der Waals surface area contributed by atoms with Gasteiger partial charge >= 0.3 is 6.09 Å². The Hall–Kier alpha value is -1.30. The number of carbonyl (C=O) groups is 2. The van der Waals surface area contributed by atoms with Crippen LogP contribution in [0, 0.1) is 17.8 Å². The highest BCUT2D eigenvalue weighted by atomic mass is 79.9. The average Bonchev–Trinajstić information content (AvgIpc) is 2.80. The predicted molar refractivity (Wildman–Crippen MR) is 103 cm³/mol. The van der Waals surface area contributed by atoms with Gasteiger partial charge in [-0.2, -0.15) is 0 Å². The third-order valence-corrected chi connectivity index (χ3v) is 7.57. The monoisotopic (exact) mass is 422 g/mol. The van der Waals surface area contributed by atoms with E-state index in [9.17, 15) is 14.7 Å². The average molecular weight is 423 g/mol. The summed E-state index contributed by atoms with van der Waals surface area (Å²) in [6.07, 6.45) is 5.69. The first-order valence-electron chi connectivity index (χ1n) is 9.52. The van der Waals surface area contributed by atoms with Crippen molar-refractivity contribution in [1.82, 2.24) is 4.57 Å². The van der Waals surface area contributed by atoms with Crippen molar-refractivity contribution in [2.24, 2.45) is 23.5 Å². The highest BCUT2D eigenvalue weighted by Crippen LogP contribution is 2.62. The summed E-state index contributed by atoms with van der Waals surface area (Å²) >= 11 is 3.55. The normalized spacial score (nSPS) is 32.8. The molecule has 1 amide bonds. The molecule has 5 rings (SSSR count). The van der Waals surface area contributed by atoms with Gasteiger partial charge < -0.3 is 10.8 Å². The maximum atomic E-state index is 12.4. The third kappa shape index (κ3) is 2.48. The van der Waals surface area contributed by atoms with Crippen LogP contribution in [-0.2, 0) is 10.8 Å². The number of carboxylic acid groups (broad SMARTS) is 1. The van der Waals surface area contributed by atoms with Gasteiger partial charge in [0.25, 0.3) is 5.91 Å². The highest BCUT2D eigenvalue weighted by Gasteiger charge is 2.55. The van der Waals surface area contributed by atoms with E-state index in [0.717, 1.165) is 19.3 Å². The Morgan fingerprint density at radius 3 is 1.92 bits per heavy atom. The second-order valence-corrected chi connectivity index (χ2v) is 10.6. The summed E-state index contributed by atoms with van der Waals surface area (Å²) in [6, 6.07) is 0. The van der Waals surface area contributed by atoms with Gasteiger partial charge in [-0.3, -0.25) is 9.36 Å². The van der Waals surface area contributed by atoms with Crippen molar-refractivity contribution in [3.05, 3.63) is 21.4 Å². The van der Waals surface area contributed by atoms with Gasteiger partial charge in [-0.25, -0.2) is 4.79 Å². The Morgan fingerprint density at radius 1 is 1.12 bits per heavy atom. The summed E-state index contributed by atoms with van der Waals surface area (Å²) in [5.41, 5.74) is 6.80. The van der Waals surface area contributed by atoms with Gasteiger partial charge in [0.05, 0.1) is 10.0 Å². The Morgan fingerprint density at radius 2 is 1.58 bits per heavy atom. The van der Waals surface area contributed by atoms with Crippen molar-refractivity contribution in [3.8, 4) is 0 Å². The molecule has 1 heterocycles. The van der Waals surface area contributed by atoms with Crippen LogP contribution >= 0.6 is 15.9 Å². The van der Waals surface area contributed by atoms with Crippen LogP contribution in [0.25, 0.3) is 0 Å². The summed E-state index contributed by atoms with van der Waals surface area (Å²) in [4.78, 5) is 24.8. The topological polar surface area (TPSA) is 85.3 Å². The smallest absolute Gasteiger partial charge is 0.416 e. The maximum Gasteiger partial charge on any atom is 0.416 e. The lowest BCUT2D eigenvalue weighted by Gasteiger charge is -2.57. The predicted octanol–water partition coefficient (Wildman–Crippen LogP) is 4.64. The largest absolute Gasteiger partial charge is 0.464 e. The van der Waals surface area contributed by atoms with E-state index in [1.807, 2.05) is 20.8 Å². The molecule has 4 fully saturated rings. The van der Waals surface area contributed by atoms with E-state index < -0.39 is 17.4 Å². The van der Waals surface area contributed by atoms with E-state index in [2.05, 4.69) is 15.9 Å². The lowest BCUT2D eigenvalue weighted by atomic mass is 9.48. The van der Waals surface area contributed by atoms with E-state index in [4.69, 9.17) is 5.73 Å². The first-order valence-corrected chi connectivity index (χ1v) is 10.3. The van der Waals surface area contributed by atoms with Crippen molar-refractivity contribution in [1.29, 1.82) is 0 Å². The van der Waals surface area contributed by atoms with Crippen molar-refractivity contribution in [3.63, 3.8) is 0 Å². The standard InChI is InChI=1S/C20H27BrN2O3/c1-19(2,3)16-14(21)13(17(22)24)15(23(16)18(25)26)20-7-10-4-11(8-20)6-12(5-10)9-20/h10-12H,4-9H2,1-3H3,(H2,22,24)(H,25,26). The van der Waals surface area contributed by atoms with Gasteiger partial charge in [0.1, 0.15) is 0 Å². The number of amides is 1. The minimum atomic E-state index is -1.02. The molecular weight excluding hydrogens is 396 g/mol. The van der Waals surface area contributed by atoms with E-state index in [1.54, 1.807) is 0 Å². The summed E-state index contributed by atoms with van der Waals surface area (Å²) < 4.78 is 1.96. The molecule has 4 aliphatic rings. The minimum Gasteiger partial charge on any atom is -0.464 e. The minimum absolute atomic E-state index is 0.233. The van der Waals surface area contributed by atoms with Crippen LogP contribution in [-0.4, -0.2) is 21.7 Å². The molecule has 0 radical (unpaired) electrons. The highest BCUT2D eigenvalue weighted by molar-refractivity contribution is 9.10. The molecule has 142 valence electrons. The Bertz CT molecular complexity index is 768. The number of aromatic nitrogens is 1. The molecule has 6 heteroatoms. The van der Waals surface area contributed by atoms with Gasteiger partial charge in [0.2, 0.25) is 0 Å². The van der Waals surface area contributed by atoms with Crippen LogP contribution in [0.1, 0.15) is 81.0 Å². The van der Waals surface area contributed by atoms with Gasteiger partial charge in [-0.1, -0.05) is 20.8 Å². The zero-order valence-electron chi connectivity index (χ0n) is 15.6. The number of nitrogens with two attached hydrogens (primary N) is 1. The fraction of sp³-hybridized carbons (Fsp3) is 0.700. The molecule has 4 aliphatic carbocycles. The number of hydrogen-bond acceptors (Lipinski definition) is 2. The molecule has 5 nitrogen and oxygen atoms in total. The molecule has 26 heavy (non-hydrogen) atoms. The van der Waals surface area contributed by atoms with Crippen LogP contribution in [0.3, 0.4) is 0 Å². The summed E-state index contributed by atoms with van der Waals surface area (Å²) in [7, 11) is 0. The quantitative estimate of drug-likeness (QED) is 0.727. The number of hydrogen-bond donors (Lipinski definition) is 2. The molecule has 4 bridgehead atoms. The van der Waals surface area contributed by atoms with Crippen molar-refractivity contribution in [2.45, 2.75) is 70.1 Å². The van der Waals surface area contributed by atoms with E-state index >= 15 is 0 Å². The lowest BCUT2D eigenvalue weighted by Crippen LogP contribution is -2.50. The molecule has 0 unspecified atom stereocenters. The lowest BCUT2D eigenvalue weighted by molar-refractivity contribution is -0.00886. The Balaban J connectivity index is 2.02. The summed E-state index contributed by atoms with van der Waals surface area (Å²) in [5.74, 6) is 1.41. The first kappa shape index (κ1) is 18.1. The molecular formula is C20H27BrN2O3. The van der Waals surface area contributed by atoms with Crippen molar-refractivity contribution >= 4 is 27.9 Å². The molecule has 4 saturated carbocycles. The molecule has 0 aromatic carbocycles. The second kappa shape index (κ2) is 5.60. The Kier molecular flexibility index (Phi) is 3.89. The summed E-state index contributed by atoms with van der Waals surface area (Å²) in [6.45, 7) is 5.92. The van der Waals surface area contributed by atoms with Crippen LogP contribution in [0.5, 0.6) is 0 Å². The molecule has 0 saturated heterocycles. The summed E-state index contributed by atoms with van der Waals surface area (Å²) in [5, 5.41) is 10.1. The number of carbonyl (C=O) groups excluding carboxylic acids is 1. The number of primary amides is 1. The number of nitrogens with zero attached hydrogens (tertiary/aromatic N) is 1. The van der Waals surface area contributed by atoms with Gasteiger partial charge in [0, 0.05) is 22.2 Å². The van der Waals surface area contributed by atoms with Crippen molar-refractivity contribution in [2.75, 3.05) is 0 Å². The number of rotatable bonds is 2. The SMILES string of the molecule is CC(C)(C)c1c(Br)c(C(N)=O)c(C23CC4CC(CC(C4)C2)C3)n1C(=O)O. The van der Waals surface area contributed by atoms with Gasteiger partial charge in [0.15, 0.2) is 0 Å². The third-order valence-electron chi connectivity index (χ3n) is 6.80. The molecule has 3 N–H and O–H groups in total. The van der Waals surface area contributed by atoms with Gasteiger partial charge in [-0.15, -0.1) is 0 Å². The van der Waals surface area contributed by atoms with E-state index in [0.29, 0.717) is 39.2 Å². The zero-order valence-corrected chi connectivity index (χ0v) is 17.2. The van der Waals surface area contributed by atoms with Crippen LogP contribution in [0.4, 0.5) is 4.79 Å². The van der Waals surface area contributed by atoms with Crippen LogP contribution in [0.15, 0.2) is 4.47 Å². The van der Waals surface area contributed by atoms with Crippen molar-refractivity contribution < 1.29 is 14.7 Å². The zero-order chi connectivity index (χ0) is 19.0. The molecule has 1 aromatic heterocycles.